The number of amides is 2. The first kappa shape index (κ1) is 15.1. The van der Waals surface area contributed by atoms with Crippen LogP contribution in [0.4, 0.5) is 4.79 Å². The van der Waals surface area contributed by atoms with Gasteiger partial charge in [-0.3, -0.25) is 0 Å². The van der Waals surface area contributed by atoms with Gasteiger partial charge in [-0.25, -0.2) is 9.59 Å². The van der Waals surface area contributed by atoms with E-state index in [0.29, 0.717) is 13.0 Å². The van der Waals surface area contributed by atoms with Crippen molar-refractivity contribution in [3.05, 3.63) is 0 Å². The van der Waals surface area contributed by atoms with E-state index < -0.39 is 11.5 Å². The van der Waals surface area contributed by atoms with Crippen LogP contribution in [0.2, 0.25) is 0 Å². The molecule has 2 unspecified atom stereocenters. The topological polar surface area (TPSA) is 69.6 Å². The third kappa shape index (κ3) is 3.31. The minimum atomic E-state index is -1.05. The first-order chi connectivity index (χ1) is 8.41. The molecule has 5 nitrogen and oxygen atoms in total. The fourth-order valence-corrected chi connectivity index (χ4v) is 2.81. The summed E-state index contributed by atoms with van der Waals surface area (Å²) in [4.78, 5) is 24.8. The zero-order valence-electron chi connectivity index (χ0n) is 11.2. The monoisotopic (exact) mass is 274 g/mol. The fraction of sp³-hybridized carbons (Fsp3) is 0.833. The lowest BCUT2D eigenvalue weighted by Crippen LogP contribution is -2.55. The molecule has 0 spiro atoms. The van der Waals surface area contributed by atoms with Crippen LogP contribution >= 0.6 is 11.8 Å². The molecule has 1 aliphatic heterocycles. The van der Waals surface area contributed by atoms with Crippen LogP contribution in [0.25, 0.3) is 0 Å². The summed E-state index contributed by atoms with van der Waals surface area (Å²) in [6, 6.07) is -0.206. The Morgan fingerprint density at radius 1 is 1.56 bits per heavy atom. The van der Waals surface area contributed by atoms with Crippen LogP contribution in [0.15, 0.2) is 0 Å². The number of urea groups is 1. The zero-order chi connectivity index (χ0) is 13.8. The molecule has 0 aromatic rings. The number of nitrogens with one attached hydrogen (secondary N) is 1. The Morgan fingerprint density at radius 3 is 2.78 bits per heavy atom. The molecule has 0 aromatic carbocycles. The predicted molar refractivity (Wildman–Crippen MR) is 73.0 cm³/mol. The van der Waals surface area contributed by atoms with Crippen LogP contribution in [-0.4, -0.2) is 51.6 Å². The number of carboxylic acids is 1. The maximum Gasteiger partial charge on any atom is 0.329 e. The number of hydrogen-bond donors (Lipinski definition) is 2. The van der Waals surface area contributed by atoms with E-state index in [2.05, 4.69) is 12.2 Å². The van der Waals surface area contributed by atoms with Gasteiger partial charge < -0.3 is 15.3 Å². The molecule has 2 amide bonds. The molecule has 2 N–H and O–H groups in total. The van der Waals surface area contributed by atoms with Gasteiger partial charge in [0.2, 0.25) is 0 Å². The van der Waals surface area contributed by atoms with Gasteiger partial charge in [0, 0.05) is 18.3 Å². The zero-order valence-corrected chi connectivity index (χ0v) is 12.0. The maximum absolute atomic E-state index is 12.1. The minimum absolute atomic E-state index is 0.0566. The van der Waals surface area contributed by atoms with Crippen molar-refractivity contribution in [2.45, 2.75) is 45.2 Å². The van der Waals surface area contributed by atoms with Gasteiger partial charge in [-0.15, -0.1) is 0 Å². The van der Waals surface area contributed by atoms with Crippen molar-refractivity contribution in [1.82, 2.24) is 10.2 Å². The van der Waals surface area contributed by atoms with Crippen LogP contribution < -0.4 is 5.32 Å². The van der Waals surface area contributed by atoms with E-state index in [1.165, 1.54) is 4.90 Å². The van der Waals surface area contributed by atoms with Crippen LogP contribution in [0.5, 0.6) is 0 Å². The van der Waals surface area contributed by atoms with Gasteiger partial charge in [-0.1, -0.05) is 6.92 Å². The molecule has 1 heterocycles. The van der Waals surface area contributed by atoms with Crippen molar-refractivity contribution in [2.75, 3.05) is 18.1 Å². The van der Waals surface area contributed by atoms with Crippen LogP contribution in [0, 0.1) is 0 Å². The molecule has 1 aliphatic rings. The molecule has 0 aliphatic carbocycles. The lowest BCUT2D eigenvalue weighted by Gasteiger charge is -2.32. The van der Waals surface area contributed by atoms with E-state index in [0.717, 1.165) is 17.9 Å². The summed E-state index contributed by atoms with van der Waals surface area (Å²) in [6.07, 6.45) is 1.27. The Balaban J connectivity index is 2.58. The third-order valence-electron chi connectivity index (χ3n) is 3.29. The molecule has 0 bridgehead atoms. The second-order valence-electron chi connectivity index (χ2n) is 4.84. The highest BCUT2D eigenvalue weighted by Crippen LogP contribution is 2.29. The third-order valence-corrected chi connectivity index (χ3v) is 4.43. The Labute approximate surface area is 112 Å². The molecular weight excluding hydrogens is 252 g/mol. The summed E-state index contributed by atoms with van der Waals surface area (Å²) in [5.41, 5.74) is -1.05. The van der Waals surface area contributed by atoms with E-state index in [1.54, 1.807) is 18.7 Å². The number of carboxylic acid groups (broad SMARTS) is 1. The average molecular weight is 274 g/mol. The second-order valence-corrected chi connectivity index (χ2v) is 6.16. The Morgan fingerprint density at radius 2 is 2.22 bits per heavy atom. The number of rotatable bonds is 5. The summed E-state index contributed by atoms with van der Waals surface area (Å²) in [5.74, 6) is 0.933. The van der Waals surface area contributed by atoms with Gasteiger partial charge in [0.25, 0.3) is 0 Å². The average Bonchev–Trinajstić information content (AvgIpc) is 2.70. The molecule has 0 radical (unpaired) electrons. The molecule has 0 saturated carbocycles. The van der Waals surface area contributed by atoms with E-state index in [1.807, 2.05) is 6.92 Å². The summed E-state index contributed by atoms with van der Waals surface area (Å²) in [5, 5.41) is 12.1. The van der Waals surface area contributed by atoms with E-state index >= 15 is 0 Å². The van der Waals surface area contributed by atoms with Gasteiger partial charge in [0.05, 0.1) is 0 Å². The molecule has 18 heavy (non-hydrogen) atoms. The van der Waals surface area contributed by atoms with E-state index in [9.17, 15) is 14.7 Å². The van der Waals surface area contributed by atoms with Gasteiger partial charge >= 0.3 is 12.0 Å². The molecular formula is C12H22N2O3S. The fourth-order valence-electron chi connectivity index (χ4n) is 2.14. The number of carbonyl (C=O) groups is 2. The molecule has 1 saturated heterocycles. The van der Waals surface area contributed by atoms with Crippen molar-refractivity contribution < 1.29 is 14.7 Å². The molecule has 1 rings (SSSR count). The Bertz CT molecular complexity index is 324. The summed E-state index contributed by atoms with van der Waals surface area (Å²) >= 11 is 1.76. The van der Waals surface area contributed by atoms with Gasteiger partial charge in [-0.05, 0) is 32.4 Å². The van der Waals surface area contributed by atoms with Crippen molar-refractivity contribution in [1.29, 1.82) is 0 Å². The second kappa shape index (κ2) is 6.31. The van der Waals surface area contributed by atoms with E-state index in [-0.39, 0.29) is 12.1 Å². The molecule has 2 atom stereocenters. The highest BCUT2D eigenvalue weighted by atomic mass is 32.2. The van der Waals surface area contributed by atoms with Crippen LogP contribution in [0.3, 0.4) is 0 Å². The number of carbonyl (C=O) groups excluding carboxylic acids is 1. The quantitative estimate of drug-likeness (QED) is 0.801. The lowest BCUT2D eigenvalue weighted by atomic mass is 10.00. The number of nitrogens with zero attached hydrogens (tertiary/aromatic N) is 1. The highest BCUT2D eigenvalue weighted by Gasteiger charge is 2.46. The van der Waals surface area contributed by atoms with Crippen LogP contribution in [-0.2, 0) is 4.79 Å². The summed E-state index contributed by atoms with van der Waals surface area (Å²) < 4.78 is 0. The standard InChI is InChI=1S/C12H22N2O3S/c1-4-18-8-9(2)13-11(17)14-7-5-6-12(14,3)10(15)16/h9H,4-8H2,1-3H3,(H,13,17)(H,15,16). The Kier molecular flexibility index (Phi) is 5.31. The SMILES string of the molecule is CCSCC(C)NC(=O)N1CCCC1(C)C(=O)O. The first-order valence-electron chi connectivity index (χ1n) is 6.31. The number of thioether (sulfide) groups is 1. The molecule has 104 valence electrons. The normalized spacial score (nSPS) is 24.9. The Hall–Kier alpha value is -0.910. The van der Waals surface area contributed by atoms with Gasteiger partial charge in [0.15, 0.2) is 0 Å². The van der Waals surface area contributed by atoms with Gasteiger partial charge in [0.1, 0.15) is 5.54 Å². The minimum Gasteiger partial charge on any atom is -0.480 e. The first-order valence-corrected chi connectivity index (χ1v) is 7.46. The largest absolute Gasteiger partial charge is 0.480 e. The lowest BCUT2D eigenvalue weighted by molar-refractivity contribution is -0.147. The number of likely N-dealkylation sites (tertiary alicyclic amines) is 1. The van der Waals surface area contributed by atoms with Crippen molar-refractivity contribution in [2.24, 2.45) is 0 Å². The maximum atomic E-state index is 12.1. The highest BCUT2D eigenvalue weighted by molar-refractivity contribution is 7.99. The smallest absolute Gasteiger partial charge is 0.329 e. The molecule has 1 fully saturated rings. The van der Waals surface area contributed by atoms with E-state index in [4.69, 9.17) is 0 Å². The van der Waals surface area contributed by atoms with Crippen molar-refractivity contribution >= 4 is 23.8 Å². The van der Waals surface area contributed by atoms with Gasteiger partial charge in [-0.2, -0.15) is 11.8 Å². The molecule has 6 heteroatoms. The summed E-state index contributed by atoms with van der Waals surface area (Å²) in [7, 11) is 0. The summed E-state index contributed by atoms with van der Waals surface area (Å²) in [6.45, 7) is 6.14. The number of hydrogen-bond acceptors (Lipinski definition) is 3. The van der Waals surface area contributed by atoms with Crippen molar-refractivity contribution in [3.63, 3.8) is 0 Å². The van der Waals surface area contributed by atoms with Crippen LogP contribution in [0.1, 0.15) is 33.6 Å². The molecule has 0 aromatic heterocycles. The van der Waals surface area contributed by atoms with Crippen molar-refractivity contribution in [3.8, 4) is 0 Å². The predicted octanol–water partition coefficient (Wildman–Crippen LogP) is 1.78. The number of aliphatic carboxylic acids is 1.